The van der Waals surface area contributed by atoms with Crippen molar-refractivity contribution in [3.05, 3.63) is 78.0 Å². The minimum atomic E-state index is -0.360. The lowest BCUT2D eigenvalue weighted by Crippen LogP contribution is -2.35. The molecule has 0 atom stereocenters. The molecule has 0 aliphatic carbocycles. The van der Waals surface area contributed by atoms with Gasteiger partial charge in [-0.15, -0.1) is 0 Å². The zero-order valence-electron chi connectivity index (χ0n) is 18.3. The van der Waals surface area contributed by atoms with Crippen LogP contribution in [0.2, 0.25) is 0 Å². The maximum absolute atomic E-state index is 13.3. The Hall–Kier alpha value is -3.64. The second kappa shape index (κ2) is 9.66. The number of hydrogen-bond donors (Lipinski definition) is 1. The Balaban J connectivity index is 1.75. The number of nitrogens with one attached hydrogen (secondary N) is 1. The zero-order valence-corrected chi connectivity index (χ0v) is 18.3. The average Bonchev–Trinajstić information content (AvgIpc) is 3.05. The number of nitrogens with zero attached hydrogens (tertiary/aromatic N) is 1. The quantitative estimate of drug-likeness (QED) is 0.508. The summed E-state index contributed by atoms with van der Waals surface area (Å²) >= 11 is 0. The van der Waals surface area contributed by atoms with Gasteiger partial charge in [0.25, 0.3) is 11.8 Å². The highest BCUT2D eigenvalue weighted by Gasteiger charge is 2.39. The lowest BCUT2D eigenvalue weighted by molar-refractivity contribution is -0.137. The highest BCUT2D eigenvalue weighted by molar-refractivity contribution is 6.36. The molecule has 0 spiro atoms. The van der Waals surface area contributed by atoms with Gasteiger partial charge in [0.05, 0.1) is 25.3 Å². The third-order valence-electron chi connectivity index (χ3n) is 5.35. The standard InChI is InChI=1S/C26H26N2O4/c1-3-16-32-20-13-11-19(12-14-20)23-24(26(30)28(25(23)29)15-17-31-2)27-22-10-6-8-18-7-4-5-9-21(18)22/h4-14,27H,3,15-17H2,1-2H3. The van der Waals surface area contributed by atoms with Gasteiger partial charge >= 0.3 is 0 Å². The molecular weight excluding hydrogens is 404 g/mol. The van der Waals surface area contributed by atoms with E-state index in [1.807, 2.05) is 73.7 Å². The molecular formula is C26H26N2O4. The summed E-state index contributed by atoms with van der Waals surface area (Å²) in [5.41, 5.74) is 2.05. The molecule has 3 aromatic rings. The Morgan fingerprint density at radius 3 is 2.38 bits per heavy atom. The van der Waals surface area contributed by atoms with E-state index in [9.17, 15) is 9.59 Å². The third-order valence-corrected chi connectivity index (χ3v) is 5.35. The predicted octanol–water partition coefficient (Wildman–Crippen LogP) is 4.47. The molecule has 3 aromatic carbocycles. The van der Waals surface area contributed by atoms with E-state index in [4.69, 9.17) is 9.47 Å². The molecule has 0 radical (unpaired) electrons. The van der Waals surface area contributed by atoms with Crippen molar-refractivity contribution < 1.29 is 19.1 Å². The van der Waals surface area contributed by atoms with Crippen LogP contribution in [0.4, 0.5) is 5.69 Å². The molecule has 0 saturated heterocycles. The first-order valence-electron chi connectivity index (χ1n) is 10.7. The van der Waals surface area contributed by atoms with E-state index in [-0.39, 0.29) is 30.7 Å². The SMILES string of the molecule is CCCOc1ccc(C2=C(Nc3cccc4ccccc34)C(=O)N(CCOC)C2=O)cc1. The molecule has 0 saturated carbocycles. The molecule has 6 heteroatoms. The maximum Gasteiger partial charge on any atom is 0.278 e. The first-order valence-corrected chi connectivity index (χ1v) is 10.7. The highest BCUT2D eigenvalue weighted by Crippen LogP contribution is 2.33. The zero-order chi connectivity index (χ0) is 22.5. The summed E-state index contributed by atoms with van der Waals surface area (Å²) in [6.45, 7) is 3.13. The molecule has 2 amide bonds. The Morgan fingerprint density at radius 1 is 0.875 bits per heavy atom. The molecule has 32 heavy (non-hydrogen) atoms. The summed E-state index contributed by atoms with van der Waals surface area (Å²) in [6, 6.07) is 21.0. The summed E-state index contributed by atoms with van der Waals surface area (Å²) < 4.78 is 10.8. The van der Waals surface area contributed by atoms with Gasteiger partial charge in [0.2, 0.25) is 0 Å². The first-order chi connectivity index (χ1) is 15.6. The van der Waals surface area contributed by atoms with E-state index >= 15 is 0 Å². The summed E-state index contributed by atoms with van der Waals surface area (Å²) in [4.78, 5) is 27.8. The van der Waals surface area contributed by atoms with Gasteiger partial charge in [-0.25, -0.2) is 0 Å². The second-order valence-corrected chi connectivity index (χ2v) is 7.53. The molecule has 0 fully saturated rings. The number of hydrogen-bond acceptors (Lipinski definition) is 5. The van der Waals surface area contributed by atoms with Crippen LogP contribution < -0.4 is 10.1 Å². The number of anilines is 1. The van der Waals surface area contributed by atoms with Gasteiger partial charge in [-0.3, -0.25) is 14.5 Å². The van der Waals surface area contributed by atoms with Crippen molar-refractivity contribution in [2.45, 2.75) is 13.3 Å². The smallest absolute Gasteiger partial charge is 0.278 e. The third kappa shape index (κ3) is 4.22. The Labute approximate surface area is 187 Å². The summed E-state index contributed by atoms with van der Waals surface area (Å²) in [6.07, 6.45) is 0.910. The second-order valence-electron chi connectivity index (χ2n) is 7.53. The van der Waals surface area contributed by atoms with Crippen LogP contribution in [0.1, 0.15) is 18.9 Å². The highest BCUT2D eigenvalue weighted by atomic mass is 16.5. The van der Waals surface area contributed by atoms with E-state index in [2.05, 4.69) is 5.32 Å². The van der Waals surface area contributed by atoms with Crippen LogP contribution in [-0.4, -0.2) is 43.6 Å². The summed E-state index contributed by atoms with van der Waals surface area (Å²) in [5, 5.41) is 5.28. The van der Waals surface area contributed by atoms with Crippen molar-refractivity contribution in [2.24, 2.45) is 0 Å². The van der Waals surface area contributed by atoms with Crippen molar-refractivity contribution in [1.29, 1.82) is 0 Å². The van der Waals surface area contributed by atoms with Gasteiger partial charge in [0.1, 0.15) is 11.4 Å². The number of amides is 2. The molecule has 164 valence electrons. The normalized spacial score (nSPS) is 13.9. The number of ether oxygens (including phenoxy) is 2. The van der Waals surface area contributed by atoms with Gasteiger partial charge in [0.15, 0.2) is 0 Å². The fourth-order valence-corrected chi connectivity index (χ4v) is 3.75. The van der Waals surface area contributed by atoms with Crippen molar-refractivity contribution in [2.75, 3.05) is 32.2 Å². The number of methoxy groups -OCH3 is 1. The molecule has 6 nitrogen and oxygen atoms in total. The number of carbonyl (C=O) groups excluding carboxylic acids is 2. The minimum absolute atomic E-state index is 0.191. The van der Waals surface area contributed by atoms with Crippen molar-refractivity contribution in [3.63, 3.8) is 0 Å². The van der Waals surface area contributed by atoms with E-state index in [0.29, 0.717) is 17.7 Å². The number of benzene rings is 3. The Bertz CT molecular complexity index is 1160. The lowest BCUT2D eigenvalue weighted by atomic mass is 10.0. The molecule has 1 heterocycles. The summed E-state index contributed by atoms with van der Waals surface area (Å²) in [5.74, 6) is 0.0334. The number of fused-ring (bicyclic) bond motifs is 1. The van der Waals surface area contributed by atoms with E-state index in [0.717, 1.165) is 28.6 Å². The van der Waals surface area contributed by atoms with Crippen LogP contribution in [0.3, 0.4) is 0 Å². The van der Waals surface area contributed by atoms with E-state index in [1.165, 1.54) is 4.90 Å². The molecule has 0 aromatic heterocycles. The molecule has 1 aliphatic heterocycles. The lowest BCUT2D eigenvalue weighted by Gasteiger charge is -2.15. The molecule has 0 unspecified atom stereocenters. The van der Waals surface area contributed by atoms with Crippen molar-refractivity contribution in [1.82, 2.24) is 4.90 Å². The van der Waals surface area contributed by atoms with Crippen LogP contribution in [0, 0.1) is 0 Å². The van der Waals surface area contributed by atoms with Crippen LogP contribution in [0.5, 0.6) is 5.75 Å². The molecule has 4 rings (SSSR count). The monoisotopic (exact) mass is 430 g/mol. The molecule has 0 bridgehead atoms. The average molecular weight is 431 g/mol. The largest absolute Gasteiger partial charge is 0.494 e. The van der Waals surface area contributed by atoms with Crippen molar-refractivity contribution in [3.8, 4) is 5.75 Å². The van der Waals surface area contributed by atoms with Gasteiger partial charge in [0, 0.05) is 18.2 Å². The van der Waals surface area contributed by atoms with Gasteiger partial charge in [-0.1, -0.05) is 55.5 Å². The number of imide groups is 1. The van der Waals surface area contributed by atoms with Crippen LogP contribution in [-0.2, 0) is 14.3 Å². The fraction of sp³-hybridized carbons (Fsp3) is 0.231. The minimum Gasteiger partial charge on any atom is -0.494 e. The number of carbonyl (C=O) groups is 2. The topological polar surface area (TPSA) is 67.9 Å². The van der Waals surface area contributed by atoms with Gasteiger partial charge in [-0.05, 0) is 35.6 Å². The van der Waals surface area contributed by atoms with Gasteiger partial charge < -0.3 is 14.8 Å². The first kappa shape index (κ1) is 21.6. The Kier molecular flexibility index (Phi) is 6.52. The number of rotatable bonds is 9. The molecule has 1 N–H and O–H groups in total. The van der Waals surface area contributed by atoms with E-state index in [1.54, 1.807) is 7.11 Å². The van der Waals surface area contributed by atoms with E-state index < -0.39 is 0 Å². The van der Waals surface area contributed by atoms with Crippen LogP contribution in [0.25, 0.3) is 16.3 Å². The predicted molar refractivity (Wildman–Crippen MR) is 125 cm³/mol. The van der Waals surface area contributed by atoms with Crippen molar-refractivity contribution >= 4 is 33.8 Å². The molecule has 1 aliphatic rings. The summed E-state index contributed by atoms with van der Waals surface area (Å²) in [7, 11) is 1.55. The van der Waals surface area contributed by atoms with Gasteiger partial charge in [-0.2, -0.15) is 0 Å². The van der Waals surface area contributed by atoms with Crippen LogP contribution in [0.15, 0.2) is 72.4 Å². The van der Waals surface area contributed by atoms with Crippen LogP contribution >= 0.6 is 0 Å². The fourth-order valence-electron chi connectivity index (χ4n) is 3.75. The maximum atomic E-state index is 13.3. The Morgan fingerprint density at radius 2 is 1.62 bits per heavy atom.